The number of nitrogens with zero attached hydrogens (tertiary/aromatic N) is 1. The molecule has 0 aliphatic carbocycles. The highest BCUT2D eigenvalue weighted by Crippen LogP contribution is 2.13. The maximum absolute atomic E-state index is 12.0. The minimum absolute atomic E-state index is 0.0989. The summed E-state index contributed by atoms with van der Waals surface area (Å²) in [5, 5.41) is 16.3. The van der Waals surface area contributed by atoms with Gasteiger partial charge in [0, 0.05) is 18.7 Å². The first-order valence-corrected chi connectivity index (χ1v) is 7.03. The van der Waals surface area contributed by atoms with Gasteiger partial charge in [0.25, 0.3) is 5.56 Å². The molecule has 1 aromatic carbocycles. The fraction of sp³-hybridized carbons (Fsp3) is 0.333. The third-order valence-electron chi connectivity index (χ3n) is 3.59. The molecule has 21 heavy (non-hydrogen) atoms. The van der Waals surface area contributed by atoms with E-state index in [9.17, 15) is 9.90 Å². The molecule has 6 nitrogen and oxygen atoms in total. The lowest BCUT2D eigenvalue weighted by molar-refractivity contribution is 0.191. The molecule has 1 aliphatic heterocycles. The number of fused-ring (bicyclic) bond motifs is 1. The second-order valence-corrected chi connectivity index (χ2v) is 5.07. The molecule has 110 valence electrons. The smallest absolute Gasteiger partial charge is 0.255 e. The van der Waals surface area contributed by atoms with Crippen LogP contribution >= 0.6 is 0 Å². The Hall–Kier alpha value is -2.18. The second-order valence-electron chi connectivity index (χ2n) is 5.07. The van der Waals surface area contributed by atoms with Gasteiger partial charge in [0.05, 0.1) is 11.8 Å². The molecule has 0 spiro atoms. The number of aliphatic hydroxyl groups excluding tert-OH is 1. The Morgan fingerprint density at radius 3 is 2.95 bits per heavy atom. The molecule has 2 heterocycles. The fourth-order valence-corrected chi connectivity index (χ4v) is 2.44. The summed E-state index contributed by atoms with van der Waals surface area (Å²) < 4.78 is 0. The Bertz CT molecular complexity index is 669. The second kappa shape index (κ2) is 6.07. The average Bonchev–Trinajstić information content (AvgIpc) is 2.53. The van der Waals surface area contributed by atoms with E-state index >= 15 is 0 Å². The first kappa shape index (κ1) is 13.8. The van der Waals surface area contributed by atoms with E-state index in [0.717, 1.165) is 23.4 Å². The van der Waals surface area contributed by atoms with E-state index < -0.39 is 6.10 Å². The molecule has 0 amide bonds. The lowest BCUT2D eigenvalue weighted by atomic mass is 10.1. The van der Waals surface area contributed by atoms with Gasteiger partial charge in [-0.3, -0.25) is 9.78 Å². The zero-order chi connectivity index (χ0) is 14.7. The number of aromatic nitrogens is 2. The van der Waals surface area contributed by atoms with E-state index in [4.69, 9.17) is 0 Å². The number of anilines is 1. The van der Waals surface area contributed by atoms with Gasteiger partial charge in [0.2, 0.25) is 5.95 Å². The maximum Gasteiger partial charge on any atom is 0.255 e. The Kier molecular flexibility index (Phi) is 3.98. The van der Waals surface area contributed by atoms with Crippen LogP contribution in [0.25, 0.3) is 0 Å². The Labute approximate surface area is 122 Å². The minimum Gasteiger partial charge on any atom is -0.387 e. The lowest BCUT2D eigenvalue weighted by Gasteiger charge is -2.17. The van der Waals surface area contributed by atoms with Gasteiger partial charge in [0.15, 0.2) is 0 Å². The van der Waals surface area contributed by atoms with Crippen LogP contribution in [0.1, 0.15) is 22.9 Å². The topological polar surface area (TPSA) is 90.0 Å². The van der Waals surface area contributed by atoms with Crippen LogP contribution in [0, 0.1) is 0 Å². The predicted molar refractivity (Wildman–Crippen MR) is 80.2 cm³/mol. The van der Waals surface area contributed by atoms with Gasteiger partial charge in [-0.2, -0.15) is 0 Å². The summed E-state index contributed by atoms with van der Waals surface area (Å²) in [6.07, 6.45) is 0.0515. The molecular weight excluding hydrogens is 268 g/mol. The van der Waals surface area contributed by atoms with Crippen molar-refractivity contribution in [1.29, 1.82) is 0 Å². The Balaban J connectivity index is 1.71. The van der Waals surface area contributed by atoms with Gasteiger partial charge in [-0.25, -0.2) is 4.98 Å². The summed E-state index contributed by atoms with van der Waals surface area (Å²) in [4.78, 5) is 19.1. The summed E-state index contributed by atoms with van der Waals surface area (Å²) in [5.74, 6) is 0.400. The van der Waals surface area contributed by atoms with E-state index in [-0.39, 0.29) is 5.56 Å². The van der Waals surface area contributed by atoms with Gasteiger partial charge in [-0.15, -0.1) is 0 Å². The van der Waals surface area contributed by atoms with Crippen LogP contribution in [0.5, 0.6) is 0 Å². The zero-order valence-corrected chi connectivity index (χ0v) is 11.6. The number of benzene rings is 1. The van der Waals surface area contributed by atoms with E-state index in [1.807, 2.05) is 30.3 Å². The fourth-order valence-electron chi connectivity index (χ4n) is 2.44. The summed E-state index contributed by atoms with van der Waals surface area (Å²) >= 11 is 0. The largest absolute Gasteiger partial charge is 0.387 e. The summed E-state index contributed by atoms with van der Waals surface area (Å²) in [6, 6.07) is 9.38. The third-order valence-corrected chi connectivity index (χ3v) is 3.59. The number of hydrogen-bond acceptors (Lipinski definition) is 5. The van der Waals surface area contributed by atoms with Crippen molar-refractivity contribution in [2.75, 3.05) is 18.4 Å². The van der Waals surface area contributed by atoms with Crippen LogP contribution in [0.15, 0.2) is 35.1 Å². The summed E-state index contributed by atoms with van der Waals surface area (Å²) in [7, 11) is 0. The first-order valence-electron chi connectivity index (χ1n) is 7.03. The number of rotatable bonds is 4. The highest BCUT2D eigenvalue weighted by Gasteiger charge is 2.15. The van der Waals surface area contributed by atoms with Crippen molar-refractivity contribution in [3.8, 4) is 0 Å². The molecule has 0 radical (unpaired) electrons. The van der Waals surface area contributed by atoms with Crippen LogP contribution in [0.3, 0.4) is 0 Å². The number of nitrogens with one attached hydrogen (secondary N) is 3. The highest BCUT2D eigenvalue weighted by atomic mass is 16.3. The van der Waals surface area contributed by atoms with Crippen molar-refractivity contribution in [2.45, 2.75) is 19.1 Å². The van der Waals surface area contributed by atoms with E-state index in [1.54, 1.807) is 0 Å². The van der Waals surface area contributed by atoms with Crippen LogP contribution in [-0.2, 0) is 13.0 Å². The highest BCUT2D eigenvalue weighted by molar-refractivity contribution is 5.32. The van der Waals surface area contributed by atoms with E-state index in [0.29, 0.717) is 25.5 Å². The molecule has 0 saturated heterocycles. The maximum atomic E-state index is 12.0. The molecule has 1 unspecified atom stereocenters. The van der Waals surface area contributed by atoms with Crippen LogP contribution in [0.4, 0.5) is 5.95 Å². The van der Waals surface area contributed by atoms with Crippen molar-refractivity contribution in [1.82, 2.24) is 15.3 Å². The van der Waals surface area contributed by atoms with Crippen molar-refractivity contribution >= 4 is 5.95 Å². The molecule has 1 atom stereocenters. The predicted octanol–water partition coefficient (Wildman–Crippen LogP) is 0.561. The van der Waals surface area contributed by atoms with Gasteiger partial charge in [-0.1, -0.05) is 30.3 Å². The number of hydrogen-bond donors (Lipinski definition) is 4. The molecule has 1 aliphatic rings. The SMILES string of the molecule is O=c1[nH]c(NCC(O)c2ccccc2)nc2c1CCNC2. The molecule has 1 aromatic heterocycles. The van der Waals surface area contributed by atoms with Gasteiger partial charge in [-0.05, 0) is 18.5 Å². The van der Waals surface area contributed by atoms with E-state index in [2.05, 4.69) is 20.6 Å². The van der Waals surface area contributed by atoms with Gasteiger partial charge < -0.3 is 15.7 Å². The first-order chi connectivity index (χ1) is 10.2. The molecule has 3 rings (SSSR count). The number of aromatic amines is 1. The Morgan fingerprint density at radius 2 is 2.14 bits per heavy atom. The van der Waals surface area contributed by atoms with Crippen molar-refractivity contribution < 1.29 is 5.11 Å². The molecule has 4 N–H and O–H groups in total. The molecular formula is C15H18N4O2. The van der Waals surface area contributed by atoms with Crippen molar-refractivity contribution in [3.63, 3.8) is 0 Å². The third kappa shape index (κ3) is 3.12. The average molecular weight is 286 g/mol. The van der Waals surface area contributed by atoms with Crippen molar-refractivity contribution in [2.24, 2.45) is 0 Å². The molecule has 0 saturated carbocycles. The molecule has 0 fully saturated rings. The zero-order valence-electron chi connectivity index (χ0n) is 11.6. The number of H-pyrrole nitrogens is 1. The summed E-state index contributed by atoms with van der Waals surface area (Å²) in [5.41, 5.74) is 2.26. The molecule has 0 bridgehead atoms. The van der Waals surface area contributed by atoms with Crippen molar-refractivity contribution in [3.05, 3.63) is 57.5 Å². The quantitative estimate of drug-likeness (QED) is 0.659. The molecule has 6 heteroatoms. The summed E-state index contributed by atoms with van der Waals surface area (Å²) in [6.45, 7) is 1.70. The standard InChI is InChI=1S/C15H18N4O2/c20-13(10-4-2-1-3-5-10)9-17-15-18-12-8-16-7-6-11(12)14(21)19-15/h1-5,13,16,20H,6-9H2,(H2,17,18,19,21). The minimum atomic E-state index is -0.648. The van der Waals surface area contributed by atoms with Crippen LogP contribution < -0.4 is 16.2 Å². The van der Waals surface area contributed by atoms with E-state index in [1.165, 1.54) is 0 Å². The van der Waals surface area contributed by atoms with Gasteiger partial charge >= 0.3 is 0 Å². The number of aliphatic hydroxyl groups is 1. The van der Waals surface area contributed by atoms with Crippen LogP contribution in [-0.4, -0.2) is 28.2 Å². The molecule has 2 aromatic rings. The Morgan fingerprint density at radius 1 is 1.33 bits per heavy atom. The monoisotopic (exact) mass is 286 g/mol. The normalized spacial score (nSPS) is 15.3. The van der Waals surface area contributed by atoms with Crippen LogP contribution in [0.2, 0.25) is 0 Å². The lowest BCUT2D eigenvalue weighted by Crippen LogP contribution is -2.32. The van der Waals surface area contributed by atoms with Gasteiger partial charge in [0.1, 0.15) is 0 Å².